The Kier molecular flexibility index (Phi) is 5.92. The lowest BCUT2D eigenvalue weighted by Crippen LogP contribution is -2.50. The second-order valence-corrected chi connectivity index (χ2v) is 5.54. The molecule has 100 valence electrons. The minimum absolute atomic E-state index is 0.0236. The lowest BCUT2D eigenvalue weighted by molar-refractivity contribution is -0.124. The standard InChI is InChI=1S/C13H27N3O/c1-10(2)12(14)13(17)15-11(3)9-16-7-5-4-6-8-16/h10-12H,4-9,14H2,1-3H3,(H,15,17). The molecule has 0 spiro atoms. The van der Waals surface area contributed by atoms with Gasteiger partial charge >= 0.3 is 0 Å². The van der Waals surface area contributed by atoms with Crippen LogP contribution in [0.15, 0.2) is 0 Å². The zero-order valence-electron chi connectivity index (χ0n) is 11.4. The molecule has 2 atom stereocenters. The number of rotatable bonds is 5. The van der Waals surface area contributed by atoms with Gasteiger partial charge in [-0.1, -0.05) is 20.3 Å². The predicted octanol–water partition coefficient (Wildman–Crippen LogP) is 0.960. The van der Waals surface area contributed by atoms with Gasteiger partial charge < -0.3 is 16.0 Å². The second-order valence-electron chi connectivity index (χ2n) is 5.54. The van der Waals surface area contributed by atoms with Gasteiger partial charge in [-0.3, -0.25) is 4.79 Å². The van der Waals surface area contributed by atoms with Gasteiger partial charge in [0.05, 0.1) is 6.04 Å². The van der Waals surface area contributed by atoms with Crippen LogP contribution in [0.2, 0.25) is 0 Å². The zero-order valence-corrected chi connectivity index (χ0v) is 11.4. The van der Waals surface area contributed by atoms with Crippen molar-refractivity contribution in [3.8, 4) is 0 Å². The van der Waals surface area contributed by atoms with Crippen molar-refractivity contribution in [2.75, 3.05) is 19.6 Å². The summed E-state index contributed by atoms with van der Waals surface area (Å²) in [5.41, 5.74) is 5.82. The molecule has 4 heteroatoms. The van der Waals surface area contributed by atoms with E-state index in [0.29, 0.717) is 0 Å². The van der Waals surface area contributed by atoms with Gasteiger partial charge in [0.1, 0.15) is 0 Å². The van der Waals surface area contributed by atoms with E-state index in [1.54, 1.807) is 0 Å². The summed E-state index contributed by atoms with van der Waals surface area (Å²) in [6.07, 6.45) is 3.91. The fraction of sp³-hybridized carbons (Fsp3) is 0.923. The fourth-order valence-electron chi connectivity index (χ4n) is 2.22. The first-order chi connectivity index (χ1) is 8.00. The molecule has 1 saturated heterocycles. The van der Waals surface area contributed by atoms with Crippen molar-refractivity contribution >= 4 is 5.91 Å². The first-order valence-electron chi connectivity index (χ1n) is 6.79. The number of nitrogens with one attached hydrogen (secondary N) is 1. The Morgan fingerprint density at radius 2 is 1.82 bits per heavy atom. The van der Waals surface area contributed by atoms with Gasteiger partial charge in [0.15, 0.2) is 0 Å². The number of carbonyl (C=O) groups is 1. The van der Waals surface area contributed by atoms with Crippen LogP contribution in [-0.2, 0) is 4.79 Å². The van der Waals surface area contributed by atoms with Gasteiger partial charge in [0.2, 0.25) is 5.91 Å². The molecule has 1 rings (SSSR count). The number of nitrogens with two attached hydrogens (primary N) is 1. The first kappa shape index (κ1) is 14.5. The molecule has 17 heavy (non-hydrogen) atoms. The van der Waals surface area contributed by atoms with Crippen LogP contribution in [0.3, 0.4) is 0 Å². The van der Waals surface area contributed by atoms with E-state index in [-0.39, 0.29) is 23.9 Å². The quantitative estimate of drug-likeness (QED) is 0.754. The van der Waals surface area contributed by atoms with Crippen molar-refractivity contribution in [2.45, 2.75) is 52.1 Å². The summed E-state index contributed by atoms with van der Waals surface area (Å²) in [5, 5.41) is 3.00. The van der Waals surface area contributed by atoms with Crippen molar-refractivity contribution in [3.63, 3.8) is 0 Å². The maximum absolute atomic E-state index is 11.8. The van der Waals surface area contributed by atoms with Crippen LogP contribution in [0.25, 0.3) is 0 Å². The van der Waals surface area contributed by atoms with Gasteiger partial charge in [-0.25, -0.2) is 0 Å². The molecular formula is C13H27N3O. The Bertz CT molecular complexity index is 237. The van der Waals surface area contributed by atoms with Crippen molar-refractivity contribution in [3.05, 3.63) is 0 Å². The summed E-state index contributed by atoms with van der Waals surface area (Å²) < 4.78 is 0. The summed E-state index contributed by atoms with van der Waals surface area (Å²) in [6, 6.07) is -0.204. The normalized spacial score (nSPS) is 21.2. The number of piperidine rings is 1. The smallest absolute Gasteiger partial charge is 0.237 e. The molecule has 2 unspecified atom stereocenters. The Hall–Kier alpha value is -0.610. The van der Waals surface area contributed by atoms with Crippen molar-refractivity contribution in [1.82, 2.24) is 10.2 Å². The number of hydrogen-bond acceptors (Lipinski definition) is 3. The Labute approximate surface area is 105 Å². The van der Waals surface area contributed by atoms with E-state index in [2.05, 4.69) is 17.1 Å². The summed E-state index contributed by atoms with van der Waals surface area (Å²) >= 11 is 0. The lowest BCUT2D eigenvalue weighted by Gasteiger charge is -2.30. The van der Waals surface area contributed by atoms with E-state index in [1.165, 1.54) is 19.3 Å². The van der Waals surface area contributed by atoms with E-state index in [0.717, 1.165) is 19.6 Å². The van der Waals surface area contributed by atoms with E-state index in [1.807, 2.05) is 13.8 Å². The summed E-state index contributed by atoms with van der Waals surface area (Å²) in [4.78, 5) is 14.2. The zero-order chi connectivity index (χ0) is 12.8. The van der Waals surface area contributed by atoms with E-state index >= 15 is 0 Å². The van der Waals surface area contributed by atoms with Crippen LogP contribution in [0.4, 0.5) is 0 Å². The molecular weight excluding hydrogens is 214 g/mol. The van der Waals surface area contributed by atoms with Gasteiger partial charge in [0, 0.05) is 12.6 Å². The van der Waals surface area contributed by atoms with Crippen LogP contribution >= 0.6 is 0 Å². The molecule has 3 N–H and O–H groups in total. The number of likely N-dealkylation sites (tertiary alicyclic amines) is 1. The van der Waals surface area contributed by atoms with Crippen molar-refractivity contribution in [2.24, 2.45) is 11.7 Å². The molecule has 1 fully saturated rings. The molecule has 1 amide bonds. The molecule has 0 radical (unpaired) electrons. The molecule has 1 aliphatic heterocycles. The highest BCUT2D eigenvalue weighted by molar-refractivity contribution is 5.81. The molecule has 1 aliphatic rings. The molecule has 0 aromatic carbocycles. The van der Waals surface area contributed by atoms with E-state index < -0.39 is 0 Å². The number of carbonyl (C=O) groups excluding carboxylic acids is 1. The van der Waals surface area contributed by atoms with Crippen LogP contribution in [0.5, 0.6) is 0 Å². The second kappa shape index (κ2) is 6.97. The van der Waals surface area contributed by atoms with E-state index in [9.17, 15) is 4.79 Å². The lowest BCUT2D eigenvalue weighted by atomic mass is 10.0. The maximum atomic E-state index is 11.8. The monoisotopic (exact) mass is 241 g/mol. The minimum Gasteiger partial charge on any atom is -0.351 e. The topological polar surface area (TPSA) is 58.4 Å². The highest BCUT2D eigenvalue weighted by Gasteiger charge is 2.20. The van der Waals surface area contributed by atoms with Gasteiger partial charge in [0.25, 0.3) is 0 Å². The fourth-order valence-corrected chi connectivity index (χ4v) is 2.22. The van der Waals surface area contributed by atoms with Crippen molar-refractivity contribution < 1.29 is 4.79 Å². The molecule has 1 heterocycles. The van der Waals surface area contributed by atoms with Crippen molar-refractivity contribution in [1.29, 1.82) is 0 Å². The molecule has 0 aromatic rings. The molecule has 0 aromatic heterocycles. The van der Waals surface area contributed by atoms with Gasteiger partial charge in [-0.2, -0.15) is 0 Å². The number of amides is 1. The third-order valence-corrected chi connectivity index (χ3v) is 3.39. The molecule has 0 aliphatic carbocycles. The highest BCUT2D eigenvalue weighted by atomic mass is 16.2. The third-order valence-electron chi connectivity index (χ3n) is 3.39. The van der Waals surface area contributed by atoms with Gasteiger partial charge in [-0.05, 0) is 38.8 Å². The SMILES string of the molecule is CC(CN1CCCCC1)NC(=O)C(N)C(C)C. The minimum atomic E-state index is -0.390. The predicted molar refractivity (Wildman–Crippen MR) is 70.7 cm³/mol. The number of nitrogens with zero attached hydrogens (tertiary/aromatic N) is 1. The Morgan fingerprint density at radius 1 is 1.24 bits per heavy atom. The number of hydrogen-bond donors (Lipinski definition) is 2. The van der Waals surface area contributed by atoms with Crippen LogP contribution in [0.1, 0.15) is 40.0 Å². The van der Waals surface area contributed by atoms with Crippen LogP contribution in [0, 0.1) is 5.92 Å². The molecule has 4 nitrogen and oxygen atoms in total. The highest BCUT2D eigenvalue weighted by Crippen LogP contribution is 2.09. The molecule has 0 saturated carbocycles. The summed E-state index contributed by atoms with van der Waals surface area (Å²) in [7, 11) is 0. The first-order valence-corrected chi connectivity index (χ1v) is 6.79. The van der Waals surface area contributed by atoms with Crippen LogP contribution in [-0.4, -0.2) is 42.5 Å². The largest absolute Gasteiger partial charge is 0.351 e. The summed E-state index contributed by atoms with van der Waals surface area (Å²) in [6.45, 7) is 9.27. The Balaban J connectivity index is 2.28. The third kappa shape index (κ3) is 5.04. The van der Waals surface area contributed by atoms with Gasteiger partial charge in [-0.15, -0.1) is 0 Å². The van der Waals surface area contributed by atoms with E-state index in [4.69, 9.17) is 5.73 Å². The van der Waals surface area contributed by atoms with Crippen LogP contribution < -0.4 is 11.1 Å². The Morgan fingerprint density at radius 3 is 2.35 bits per heavy atom. The summed E-state index contributed by atoms with van der Waals surface area (Å²) in [5.74, 6) is 0.168. The molecule has 0 bridgehead atoms. The maximum Gasteiger partial charge on any atom is 0.237 e. The average Bonchev–Trinajstić information content (AvgIpc) is 2.28. The average molecular weight is 241 g/mol.